The highest BCUT2D eigenvalue weighted by Gasteiger charge is 2.75. The molecule has 2 bridgehead atoms. The Labute approximate surface area is 250 Å². The fourth-order valence-corrected chi connectivity index (χ4v) is 6.76. The molecule has 236 valence electrons. The number of hydrogen-bond acceptors (Lipinski definition) is 7. The Morgan fingerprint density at radius 2 is 1.95 bits per heavy atom. The molecule has 3 fully saturated rings. The molecule has 10 heteroatoms. The van der Waals surface area contributed by atoms with E-state index < -0.39 is 41.7 Å². The van der Waals surface area contributed by atoms with Crippen LogP contribution in [0.15, 0.2) is 25.3 Å². The van der Waals surface area contributed by atoms with Gasteiger partial charge in [-0.3, -0.25) is 19.2 Å². The molecule has 42 heavy (non-hydrogen) atoms. The SMILES string of the molecule is C=CCCC(=O)NC[C@@H](C)OC(=O)[C@@H]1[C@H]2C(=O)N(CCCCCCO)[C@H](C(=O)N(CC=C)CCCCC)[C@]23CC[C@H]1O3. The number of nitrogens with zero attached hydrogens (tertiary/aromatic N) is 2. The zero-order valence-corrected chi connectivity index (χ0v) is 25.6. The molecule has 0 saturated carbocycles. The predicted octanol–water partition coefficient (Wildman–Crippen LogP) is 3.13. The van der Waals surface area contributed by atoms with E-state index in [9.17, 15) is 19.2 Å². The number of unbranched alkanes of at least 4 members (excludes halogenated alkanes) is 5. The third-order valence-corrected chi connectivity index (χ3v) is 8.79. The molecule has 0 aromatic carbocycles. The molecule has 1 spiro atoms. The van der Waals surface area contributed by atoms with Gasteiger partial charge in [-0.15, -0.1) is 13.2 Å². The van der Waals surface area contributed by atoms with Crippen molar-refractivity contribution in [1.29, 1.82) is 0 Å². The Morgan fingerprint density at radius 3 is 2.64 bits per heavy atom. The second-order valence-electron chi connectivity index (χ2n) is 11.9. The summed E-state index contributed by atoms with van der Waals surface area (Å²) in [6, 6.07) is -0.807. The number of rotatable bonds is 20. The number of aliphatic hydroxyl groups is 1. The van der Waals surface area contributed by atoms with Gasteiger partial charge in [-0.25, -0.2) is 0 Å². The van der Waals surface area contributed by atoms with Crippen molar-refractivity contribution in [2.45, 2.75) is 108 Å². The standard InChI is InChI=1S/C32H51N3O7/c1-5-8-12-19-34(18-7-3)30(39)28-32-17-16-24(42-32)26(27(32)29(38)35(28)20-13-10-11-14-21-36)31(40)41-23(4)22-33-25(37)15-9-6-2/h6-7,23-24,26-28,36H,2-3,5,8-22H2,1,4H3,(H,33,37)/t23-,24-,26+,27+,28-,32+/m1/s1. The van der Waals surface area contributed by atoms with Crippen LogP contribution in [0.1, 0.15) is 84.5 Å². The first-order valence-electron chi connectivity index (χ1n) is 15.8. The van der Waals surface area contributed by atoms with Crippen LogP contribution in [0.5, 0.6) is 0 Å². The van der Waals surface area contributed by atoms with Crippen molar-refractivity contribution in [1.82, 2.24) is 15.1 Å². The molecular weight excluding hydrogens is 538 g/mol. The van der Waals surface area contributed by atoms with Crippen molar-refractivity contribution in [3.63, 3.8) is 0 Å². The molecule has 3 aliphatic heterocycles. The first kappa shape index (κ1) is 33.8. The fraction of sp³-hybridized carbons (Fsp3) is 0.750. The Morgan fingerprint density at radius 1 is 1.19 bits per heavy atom. The van der Waals surface area contributed by atoms with Gasteiger partial charge >= 0.3 is 5.97 Å². The lowest BCUT2D eigenvalue weighted by molar-refractivity contribution is -0.159. The summed E-state index contributed by atoms with van der Waals surface area (Å²) in [6.45, 7) is 12.9. The zero-order valence-electron chi connectivity index (χ0n) is 25.6. The van der Waals surface area contributed by atoms with Crippen LogP contribution >= 0.6 is 0 Å². The summed E-state index contributed by atoms with van der Waals surface area (Å²) in [7, 11) is 0. The van der Waals surface area contributed by atoms with Crippen molar-refractivity contribution in [2.24, 2.45) is 11.8 Å². The smallest absolute Gasteiger partial charge is 0.312 e. The molecule has 0 radical (unpaired) electrons. The number of nitrogens with one attached hydrogen (secondary N) is 1. The quantitative estimate of drug-likeness (QED) is 0.127. The molecule has 0 aromatic heterocycles. The summed E-state index contributed by atoms with van der Waals surface area (Å²) in [5.41, 5.74) is -1.07. The van der Waals surface area contributed by atoms with Crippen molar-refractivity contribution in [3.05, 3.63) is 25.3 Å². The minimum atomic E-state index is -1.07. The van der Waals surface area contributed by atoms with Crippen LogP contribution in [0.3, 0.4) is 0 Å². The van der Waals surface area contributed by atoms with Gasteiger partial charge in [0.25, 0.3) is 0 Å². The lowest BCUT2D eigenvalue weighted by Gasteiger charge is -2.37. The first-order valence-corrected chi connectivity index (χ1v) is 15.8. The summed E-state index contributed by atoms with van der Waals surface area (Å²) in [4.78, 5) is 57.3. The second kappa shape index (κ2) is 16.2. The average molecular weight is 590 g/mol. The maximum absolute atomic E-state index is 14.2. The van der Waals surface area contributed by atoms with Crippen LogP contribution < -0.4 is 5.32 Å². The maximum Gasteiger partial charge on any atom is 0.312 e. The van der Waals surface area contributed by atoms with Crippen molar-refractivity contribution in [2.75, 3.05) is 32.8 Å². The number of likely N-dealkylation sites (tertiary alicyclic amines) is 1. The molecule has 3 aliphatic rings. The molecule has 0 aromatic rings. The van der Waals surface area contributed by atoms with Gasteiger partial charge in [0.2, 0.25) is 17.7 Å². The van der Waals surface area contributed by atoms with Gasteiger partial charge < -0.3 is 29.7 Å². The van der Waals surface area contributed by atoms with E-state index >= 15 is 0 Å². The van der Waals surface area contributed by atoms with Crippen molar-refractivity contribution >= 4 is 23.7 Å². The summed E-state index contributed by atoms with van der Waals surface area (Å²) in [5.74, 6) is -2.63. The lowest BCUT2D eigenvalue weighted by atomic mass is 9.70. The molecule has 0 unspecified atom stereocenters. The number of ether oxygens (including phenoxy) is 2. The highest BCUT2D eigenvalue weighted by atomic mass is 16.6. The summed E-state index contributed by atoms with van der Waals surface area (Å²) in [5, 5.41) is 11.9. The number of aliphatic hydroxyl groups excluding tert-OH is 1. The largest absolute Gasteiger partial charge is 0.460 e. The molecular formula is C32H51N3O7. The summed E-state index contributed by atoms with van der Waals surface area (Å²) in [6.07, 6.45) is 10.2. The third kappa shape index (κ3) is 7.61. The summed E-state index contributed by atoms with van der Waals surface area (Å²) < 4.78 is 12.3. The minimum Gasteiger partial charge on any atom is -0.460 e. The van der Waals surface area contributed by atoms with Crippen LogP contribution in [0.25, 0.3) is 0 Å². The number of carbonyl (C=O) groups excluding carboxylic acids is 4. The molecule has 10 nitrogen and oxygen atoms in total. The van der Waals surface area contributed by atoms with E-state index in [4.69, 9.17) is 14.6 Å². The second-order valence-corrected chi connectivity index (χ2v) is 11.9. The Bertz CT molecular complexity index is 972. The normalized spacial score (nSPS) is 26.5. The summed E-state index contributed by atoms with van der Waals surface area (Å²) >= 11 is 0. The van der Waals surface area contributed by atoms with E-state index in [0.717, 1.165) is 32.1 Å². The molecule has 0 aliphatic carbocycles. The van der Waals surface area contributed by atoms with Crippen molar-refractivity contribution in [3.8, 4) is 0 Å². The van der Waals surface area contributed by atoms with Gasteiger partial charge in [-0.1, -0.05) is 44.8 Å². The predicted molar refractivity (Wildman–Crippen MR) is 159 cm³/mol. The van der Waals surface area contributed by atoms with E-state index in [1.165, 1.54) is 0 Å². The monoisotopic (exact) mass is 589 g/mol. The topological polar surface area (TPSA) is 125 Å². The van der Waals surface area contributed by atoms with E-state index in [2.05, 4.69) is 25.4 Å². The number of amides is 3. The molecule has 2 N–H and O–H groups in total. The number of carbonyl (C=O) groups is 4. The average Bonchev–Trinajstić information content (AvgIpc) is 3.61. The first-order chi connectivity index (χ1) is 20.2. The van der Waals surface area contributed by atoms with Gasteiger partial charge in [0.15, 0.2) is 0 Å². The molecule has 3 amide bonds. The van der Waals surface area contributed by atoms with Crippen LogP contribution in [-0.2, 0) is 28.7 Å². The highest BCUT2D eigenvalue weighted by molar-refractivity contribution is 5.98. The Kier molecular flexibility index (Phi) is 13.0. The zero-order chi connectivity index (χ0) is 30.7. The van der Waals surface area contributed by atoms with E-state index in [1.807, 2.05) is 0 Å². The van der Waals surface area contributed by atoms with Gasteiger partial charge in [0.1, 0.15) is 17.7 Å². The minimum absolute atomic E-state index is 0.124. The van der Waals surface area contributed by atoms with Gasteiger partial charge in [0.05, 0.1) is 24.5 Å². The lowest BCUT2D eigenvalue weighted by Crippen LogP contribution is -2.56. The molecule has 3 heterocycles. The van der Waals surface area contributed by atoms with Gasteiger partial charge in [-0.05, 0) is 45.4 Å². The number of esters is 1. The Balaban J connectivity index is 1.80. The van der Waals surface area contributed by atoms with Crippen molar-refractivity contribution < 1.29 is 33.8 Å². The van der Waals surface area contributed by atoms with E-state index in [0.29, 0.717) is 58.2 Å². The van der Waals surface area contributed by atoms with Crippen LogP contribution in [0.4, 0.5) is 0 Å². The number of hydrogen-bond donors (Lipinski definition) is 2. The number of fused-ring (bicyclic) bond motifs is 1. The molecule has 6 atom stereocenters. The highest BCUT2D eigenvalue weighted by Crippen LogP contribution is 2.58. The maximum atomic E-state index is 14.2. The Hall–Kier alpha value is -2.72. The van der Waals surface area contributed by atoms with Gasteiger partial charge in [0, 0.05) is 32.7 Å². The van der Waals surface area contributed by atoms with Gasteiger partial charge in [-0.2, -0.15) is 0 Å². The number of allylic oxidation sites excluding steroid dienone is 1. The molecule has 3 rings (SSSR count). The van der Waals surface area contributed by atoms with E-state index in [-0.39, 0.29) is 30.9 Å². The van der Waals surface area contributed by atoms with Crippen LogP contribution in [-0.4, -0.2) is 95.2 Å². The third-order valence-electron chi connectivity index (χ3n) is 8.79. The van der Waals surface area contributed by atoms with Crippen LogP contribution in [0, 0.1) is 11.8 Å². The molecule has 3 saturated heterocycles. The fourth-order valence-electron chi connectivity index (χ4n) is 6.76. The van der Waals surface area contributed by atoms with E-state index in [1.54, 1.807) is 28.9 Å². The van der Waals surface area contributed by atoms with Crippen LogP contribution in [0.2, 0.25) is 0 Å².